The molecule has 1 fully saturated rings. The molecule has 0 aliphatic heterocycles. The molecular weight excluding hydrogens is 267 g/mol. The highest BCUT2D eigenvalue weighted by Gasteiger charge is 2.21. The molecule has 0 spiro atoms. The summed E-state index contributed by atoms with van der Waals surface area (Å²) in [4.78, 5) is 2.39. The van der Waals surface area contributed by atoms with Crippen LogP contribution in [0, 0.1) is 0 Å². The molecule has 1 aromatic rings. The van der Waals surface area contributed by atoms with E-state index in [2.05, 4.69) is 11.9 Å². The maximum Gasteiger partial charge on any atom is 0.0595 e. The summed E-state index contributed by atoms with van der Waals surface area (Å²) in [6.45, 7) is 0.913. The van der Waals surface area contributed by atoms with Gasteiger partial charge in [-0.15, -0.1) is 0 Å². The van der Waals surface area contributed by atoms with E-state index in [-0.39, 0.29) is 0 Å². The van der Waals surface area contributed by atoms with Crippen molar-refractivity contribution in [2.75, 3.05) is 7.05 Å². The quantitative estimate of drug-likeness (QED) is 0.918. The third-order valence-electron chi connectivity index (χ3n) is 3.78. The first kappa shape index (κ1) is 14.1. The smallest absolute Gasteiger partial charge is 0.0595 e. The minimum Gasteiger partial charge on any atom is -0.328 e. The summed E-state index contributed by atoms with van der Waals surface area (Å²) in [6, 6.07) is 6.90. The third kappa shape index (κ3) is 3.61. The fourth-order valence-corrected chi connectivity index (χ4v) is 2.92. The molecule has 0 unspecified atom stereocenters. The van der Waals surface area contributed by atoms with E-state index in [1.807, 2.05) is 18.2 Å². The first-order valence-corrected chi connectivity index (χ1v) is 7.21. The van der Waals surface area contributed by atoms with Crippen molar-refractivity contribution < 1.29 is 0 Å². The van der Waals surface area contributed by atoms with Crippen molar-refractivity contribution in [3.63, 3.8) is 0 Å². The minimum absolute atomic E-state index is 0.402. The Morgan fingerprint density at radius 1 is 1.17 bits per heavy atom. The number of benzene rings is 1. The second kappa shape index (κ2) is 6.25. The lowest BCUT2D eigenvalue weighted by molar-refractivity contribution is 0.176. The second-order valence-electron chi connectivity index (χ2n) is 5.23. The fourth-order valence-electron chi connectivity index (χ4n) is 2.60. The van der Waals surface area contributed by atoms with Crippen LogP contribution in [0.1, 0.15) is 31.2 Å². The van der Waals surface area contributed by atoms with Crippen LogP contribution in [0.25, 0.3) is 0 Å². The molecule has 1 aliphatic rings. The monoisotopic (exact) mass is 286 g/mol. The SMILES string of the molecule is CN(Cc1ccc(Cl)c(Cl)c1)C1CCC(N)CC1. The van der Waals surface area contributed by atoms with Crippen molar-refractivity contribution in [1.82, 2.24) is 4.90 Å². The number of nitrogens with zero attached hydrogens (tertiary/aromatic N) is 1. The van der Waals surface area contributed by atoms with E-state index in [4.69, 9.17) is 28.9 Å². The van der Waals surface area contributed by atoms with Crippen molar-refractivity contribution in [3.8, 4) is 0 Å². The van der Waals surface area contributed by atoms with Gasteiger partial charge in [-0.25, -0.2) is 0 Å². The van der Waals surface area contributed by atoms with Crippen LogP contribution < -0.4 is 5.73 Å². The molecule has 0 amide bonds. The van der Waals surface area contributed by atoms with Crippen LogP contribution in [0.4, 0.5) is 0 Å². The van der Waals surface area contributed by atoms with Gasteiger partial charge in [0.05, 0.1) is 10.0 Å². The molecule has 100 valence electrons. The van der Waals surface area contributed by atoms with Crippen molar-refractivity contribution in [1.29, 1.82) is 0 Å². The summed E-state index contributed by atoms with van der Waals surface area (Å²) >= 11 is 12.0. The maximum absolute atomic E-state index is 6.04. The van der Waals surface area contributed by atoms with Crippen LogP contribution >= 0.6 is 23.2 Å². The molecule has 0 aromatic heterocycles. The summed E-state index contributed by atoms with van der Waals surface area (Å²) in [5.74, 6) is 0. The van der Waals surface area contributed by atoms with E-state index in [1.165, 1.54) is 18.4 Å². The number of rotatable bonds is 3. The van der Waals surface area contributed by atoms with Crippen molar-refractivity contribution in [2.45, 2.75) is 44.3 Å². The maximum atomic E-state index is 6.04. The summed E-state index contributed by atoms with van der Waals surface area (Å²) in [6.07, 6.45) is 4.66. The van der Waals surface area contributed by atoms with Gasteiger partial charge in [-0.3, -0.25) is 4.90 Å². The normalized spacial score (nSPS) is 24.5. The Morgan fingerprint density at radius 3 is 2.44 bits per heavy atom. The van der Waals surface area contributed by atoms with Gasteiger partial charge in [0.25, 0.3) is 0 Å². The van der Waals surface area contributed by atoms with Crippen LogP contribution in [0.5, 0.6) is 0 Å². The van der Waals surface area contributed by atoms with E-state index in [0.29, 0.717) is 22.1 Å². The van der Waals surface area contributed by atoms with Crippen LogP contribution in [-0.2, 0) is 6.54 Å². The predicted octanol–water partition coefficient (Wildman–Crippen LogP) is 3.70. The third-order valence-corrected chi connectivity index (χ3v) is 4.52. The molecule has 1 aromatic carbocycles. The van der Waals surface area contributed by atoms with Gasteiger partial charge in [-0.05, 0) is 50.4 Å². The summed E-state index contributed by atoms with van der Waals surface area (Å²) in [7, 11) is 2.17. The van der Waals surface area contributed by atoms with Crippen molar-refractivity contribution in [2.24, 2.45) is 5.73 Å². The number of nitrogens with two attached hydrogens (primary N) is 1. The predicted molar refractivity (Wildman–Crippen MR) is 78.2 cm³/mol. The average molecular weight is 287 g/mol. The van der Waals surface area contributed by atoms with Crippen molar-refractivity contribution in [3.05, 3.63) is 33.8 Å². The zero-order valence-corrected chi connectivity index (χ0v) is 12.2. The highest BCUT2D eigenvalue weighted by Crippen LogP contribution is 2.25. The molecule has 2 nitrogen and oxygen atoms in total. The molecule has 0 heterocycles. The van der Waals surface area contributed by atoms with Gasteiger partial charge in [-0.1, -0.05) is 29.3 Å². The molecule has 0 atom stereocenters. The van der Waals surface area contributed by atoms with Crippen LogP contribution in [-0.4, -0.2) is 24.0 Å². The van der Waals surface area contributed by atoms with Gasteiger partial charge < -0.3 is 5.73 Å². The highest BCUT2D eigenvalue weighted by atomic mass is 35.5. The Morgan fingerprint density at radius 2 is 1.83 bits per heavy atom. The molecular formula is C14H20Cl2N2. The van der Waals surface area contributed by atoms with E-state index in [9.17, 15) is 0 Å². The Balaban J connectivity index is 1.94. The topological polar surface area (TPSA) is 29.3 Å². The average Bonchev–Trinajstić information content (AvgIpc) is 2.34. The molecule has 0 radical (unpaired) electrons. The standard InChI is InChI=1S/C14H20Cl2N2/c1-18(12-5-3-11(17)4-6-12)9-10-2-7-13(15)14(16)8-10/h2,7-8,11-12H,3-6,9,17H2,1H3. The van der Waals surface area contributed by atoms with Gasteiger partial charge >= 0.3 is 0 Å². The molecule has 1 saturated carbocycles. The molecule has 18 heavy (non-hydrogen) atoms. The Hall–Kier alpha value is -0.280. The number of hydrogen-bond acceptors (Lipinski definition) is 2. The molecule has 2 N–H and O–H groups in total. The summed E-state index contributed by atoms with van der Waals surface area (Å²) < 4.78 is 0. The van der Waals surface area contributed by atoms with E-state index in [1.54, 1.807) is 0 Å². The van der Waals surface area contributed by atoms with Crippen LogP contribution in [0.3, 0.4) is 0 Å². The fraction of sp³-hybridized carbons (Fsp3) is 0.571. The molecule has 4 heteroatoms. The lowest BCUT2D eigenvalue weighted by atomic mass is 9.91. The van der Waals surface area contributed by atoms with E-state index in [0.717, 1.165) is 19.4 Å². The number of halogens is 2. The Bertz CT molecular complexity index is 401. The van der Waals surface area contributed by atoms with Crippen LogP contribution in [0.15, 0.2) is 18.2 Å². The first-order chi connectivity index (χ1) is 8.56. The van der Waals surface area contributed by atoms with Gasteiger partial charge in [0.1, 0.15) is 0 Å². The Kier molecular flexibility index (Phi) is 4.91. The van der Waals surface area contributed by atoms with E-state index < -0.39 is 0 Å². The van der Waals surface area contributed by atoms with Gasteiger partial charge in [0, 0.05) is 18.6 Å². The number of hydrogen-bond donors (Lipinski definition) is 1. The molecule has 2 rings (SSSR count). The second-order valence-corrected chi connectivity index (χ2v) is 6.05. The first-order valence-electron chi connectivity index (χ1n) is 6.46. The van der Waals surface area contributed by atoms with E-state index >= 15 is 0 Å². The lowest BCUT2D eigenvalue weighted by Crippen LogP contribution is -2.38. The van der Waals surface area contributed by atoms with Crippen LogP contribution in [0.2, 0.25) is 10.0 Å². The minimum atomic E-state index is 0.402. The summed E-state index contributed by atoms with van der Waals surface area (Å²) in [5.41, 5.74) is 7.15. The Labute approximate surface area is 119 Å². The lowest BCUT2D eigenvalue weighted by Gasteiger charge is -2.33. The largest absolute Gasteiger partial charge is 0.328 e. The summed E-state index contributed by atoms with van der Waals surface area (Å²) in [5, 5.41) is 1.25. The highest BCUT2D eigenvalue weighted by molar-refractivity contribution is 6.42. The van der Waals surface area contributed by atoms with Gasteiger partial charge in [0.2, 0.25) is 0 Å². The van der Waals surface area contributed by atoms with Gasteiger partial charge in [-0.2, -0.15) is 0 Å². The molecule has 0 bridgehead atoms. The molecule has 1 aliphatic carbocycles. The molecule has 0 saturated heterocycles. The zero-order valence-electron chi connectivity index (χ0n) is 10.7. The van der Waals surface area contributed by atoms with Crippen molar-refractivity contribution >= 4 is 23.2 Å². The zero-order chi connectivity index (χ0) is 13.1. The van der Waals surface area contributed by atoms with Gasteiger partial charge in [0.15, 0.2) is 0 Å².